The largest absolute Gasteiger partial charge is 0.455 e. The van der Waals surface area contributed by atoms with Gasteiger partial charge in [-0.2, -0.15) is 0 Å². The lowest BCUT2D eigenvalue weighted by atomic mass is 10.3. The molecular formula is C16H24N2O6. The Morgan fingerprint density at radius 2 is 1.71 bits per heavy atom. The van der Waals surface area contributed by atoms with Crippen LogP contribution in [0.1, 0.15) is 26.3 Å². The van der Waals surface area contributed by atoms with Crippen LogP contribution in [-0.4, -0.2) is 47.5 Å². The molecule has 24 heavy (non-hydrogen) atoms. The highest BCUT2D eigenvalue weighted by Crippen LogP contribution is 2.10. The van der Waals surface area contributed by atoms with Gasteiger partial charge in [-0.25, -0.2) is 19.1 Å². The van der Waals surface area contributed by atoms with Gasteiger partial charge in [-0.1, -0.05) is 0 Å². The van der Waals surface area contributed by atoms with E-state index in [9.17, 15) is 14.4 Å². The van der Waals surface area contributed by atoms with Crippen molar-refractivity contribution in [2.45, 2.75) is 39.9 Å². The first-order valence-electron chi connectivity index (χ1n) is 7.54. The molecule has 1 saturated heterocycles. The number of esters is 1. The fourth-order valence-corrected chi connectivity index (χ4v) is 2.03. The van der Waals surface area contributed by atoms with Crippen LogP contribution in [0.25, 0.3) is 0 Å². The third-order valence-corrected chi connectivity index (χ3v) is 3.17. The van der Waals surface area contributed by atoms with Gasteiger partial charge in [-0.3, -0.25) is 0 Å². The minimum absolute atomic E-state index is 0.0116. The molecule has 0 radical (unpaired) electrons. The van der Waals surface area contributed by atoms with Crippen LogP contribution in [0.4, 0.5) is 4.79 Å². The zero-order chi connectivity index (χ0) is 18.4. The van der Waals surface area contributed by atoms with Crippen LogP contribution in [0.2, 0.25) is 0 Å². The zero-order valence-electron chi connectivity index (χ0n) is 14.9. The third-order valence-electron chi connectivity index (χ3n) is 3.17. The van der Waals surface area contributed by atoms with Crippen molar-refractivity contribution >= 4 is 12.1 Å². The molecular weight excluding hydrogens is 316 g/mol. The van der Waals surface area contributed by atoms with Crippen LogP contribution in [0.5, 0.6) is 0 Å². The Morgan fingerprint density at radius 1 is 1.08 bits per heavy atom. The number of carbonyl (C=O) groups excluding carboxylic acids is 2. The van der Waals surface area contributed by atoms with Gasteiger partial charge in [0, 0.05) is 25.9 Å². The molecule has 134 valence electrons. The third kappa shape index (κ3) is 5.94. The number of rotatable bonds is 0. The smallest absolute Gasteiger partial charge is 0.409 e. The van der Waals surface area contributed by atoms with E-state index in [2.05, 4.69) is 4.52 Å². The highest BCUT2D eigenvalue weighted by Gasteiger charge is 2.23. The number of likely N-dealkylation sites (N-methyl/N-ethyl adjacent to an activating group) is 1. The normalized spacial score (nSPS) is 21.9. The maximum absolute atomic E-state index is 10.5. The number of aromatic nitrogens is 1. The fraction of sp³-hybridized carbons (Fsp3) is 0.562. The van der Waals surface area contributed by atoms with E-state index in [4.69, 9.17) is 9.47 Å². The Bertz CT molecular complexity index is 672. The summed E-state index contributed by atoms with van der Waals surface area (Å²) in [6.07, 6.45) is 3.30. The van der Waals surface area contributed by atoms with Crippen molar-refractivity contribution < 1.29 is 23.6 Å². The summed E-state index contributed by atoms with van der Waals surface area (Å²) in [6.45, 7) is 7.91. The summed E-state index contributed by atoms with van der Waals surface area (Å²) in [4.78, 5) is 33.0. The summed E-state index contributed by atoms with van der Waals surface area (Å²) in [6, 6.07) is 0. The van der Waals surface area contributed by atoms with Crippen LogP contribution in [0.3, 0.4) is 0 Å². The van der Waals surface area contributed by atoms with Gasteiger partial charge in [-0.15, -0.1) is 0 Å². The average Bonchev–Trinajstić information content (AvgIpc) is 3.01. The van der Waals surface area contributed by atoms with Crippen molar-refractivity contribution in [2.24, 2.45) is 7.05 Å². The summed E-state index contributed by atoms with van der Waals surface area (Å²) in [5.74, 6) is -0.183. The minimum Gasteiger partial charge on any atom is -0.455 e. The summed E-state index contributed by atoms with van der Waals surface area (Å²) in [5.41, 5.74) is 1.11. The number of aryl methyl sites for hydroxylation is 2. The second kappa shape index (κ2) is 8.37. The van der Waals surface area contributed by atoms with Crippen molar-refractivity contribution in [3.05, 3.63) is 33.8 Å². The number of ether oxygens (including phenoxy) is 2. The molecule has 2 aliphatic heterocycles. The molecule has 1 amide bonds. The molecule has 2 atom stereocenters. The van der Waals surface area contributed by atoms with Crippen LogP contribution < -0.4 is 5.63 Å². The van der Waals surface area contributed by atoms with Crippen LogP contribution in [0.15, 0.2) is 27.2 Å². The first-order valence-corrected chi connectivity index (χ1v) is 7.54. The number of carbonyl (C=O) groups is 2. The Kier molecular flexibility index (Phi) is 6.82. The molecule has 2 aliphatic rings. The van der Waals surface area contributed by atoms with Gasteiger partial charge in [0.05, 0.1) is 12.1 Å². The van der Waals surface area contributed by atoms with E-state index in [0.29, 0.717) is 5.56 Å². The van der Waals surface area contributed by atoms with Crippen molar-refractivity contribution in [1.29, 1.82) is 0 Å². The number of amides is 1. The number of nitrogens with zero attached hydrogens (tertiary/aromatic N) is 2. The van der Waals surface area contributed by atoms with E-state index in [-0.39, 0.29) is 29.9 Å². The van der Waals surface area contributed by atoms with Crippen molar-refractivity contribution in [3.63, 3.8) is 0 Å². The Balaban J connectivity index is 0.000000180. The van der Waals surface area contributed by atoms with Gasteiger partial charge in [0.2, 0.25) is 0 Å². The molecule has 3 rings (SSSR count). The van der Waals surface area contributed by atoms with E-state index < -0.39 is 0 Å². The number of cyclic esters (lactones) is 2. The van der Waals surface area contributed by atoms with Gasteiger partial charge < -0.3 is 18.9 Å². The lowest BCUT2D eigenvalue weighted by Gasteiger charge is -1.99. The Labute approximate surface area is 140 Å². The Hall–Kier alpha value is -2.51. The lowest BCUT2D eigenvalue weighted by molar-refractivity contribution is -0.138. The van der Waals surface area contributed by atoms with Gasteiger partial charge in [0.25, 0.3) is 0 Å². The van der Waals surface area contributed by atoms with E-state index in [1.54, 1.807) is 39.0 Å². The molecule has 0 saturated carbocycles. The molecule has 1 fully saturated rings. The first kappa shape index (κ1) is 19.5. The molecule has 1 aromatic rings. The van der Waals surface area contributed by atoms with Crippen LogP contribution in [-0.2, 0) is 21.3 Å². The molecule has 0 aromatic carbocycles. The molecule has 0 bridgehead atoms. The predicted octanol–water partition coefficient (Wildman–Crippen LogP) is 1.62. The molecule has 0 spiro atoms. The minimum atomic E-state index is -0.257. The number of hydrogen-bond acceptors (Lipinski definition) is 6. The highest BCUT2D eigenvalue weighted by molar-refractivity contribution is 5.90. The van der Waals surface area contributed by atoms with Crippen LogP contribution in [0, 0.1) is 6.92 Å². The molecule has 2 unspecified atom stereocenters. The van der Waals surface area contributed by atoms with E-state index in [0.717, 1.165) is 12.1 Å². The second-order valence-electron chi connectivity index (χ2n) is 5.77. The maximum atomic E-state index is 10.5. The molecule has 3 heterocycles. The summed E-state index contributed by atoms with van der Waals surface area (Å²) >= 11 is 0. The van der Waals surface area contributed by atoms with Gasteiger partial charge in [-0.05, 0) is 33.8 Å². The van der Waals surface area contributed by atoms with Crippen molar-refractivity contribution in [2.75, 3.05) is 13.6 Å². The molecule has 0 N–H and O–H groups in total. The SMILES string of the molecule is CC1=CC(C)OC1=O.CC1CN(C)C(=O)O1.Cc1cn(C)oc1=O. The quantitative estimate of drug-likeness (QED) is 0.667. The molecule has 8 heteroatoms. The maximum Gasteiger partial charge on any atom is 0.409 e. The van der Waals surface area contributed by atoms with E-state index >= 15 is 0 Å². The molecule has 8 nitrogen and oxygen atoms in total. The fourth-order valence-electron chi connectivity index (χ4n) is 2.03. The standard InChI is InChI=1S/C6H8O2.C5H9NO2.C5H7NO2/c1-4-3-5(2)8-6(4)7;1-4-3-6(2)5(7)8-4;1-4-3-6(2)8-5(4)7/h3,5H,1-2H3;4H,3H2,1-2H3;3H,1-2H3. The second-order valence-corrected chi connectivity index (χ2v) is 5.77. The van der Waals surface area contributed by atoms with Gasteiger partial charge >= 0.3 is 17.7 Å². The van der Waals surface area contributed by atoms with E-state index in [1.165, 1.54) is 4.74 Å². The van der Waals surface area contributed by atoms with Gasteiger partial charge in [0.1, 0.15) is 12.2 Å². The number of hydrogen-bond donors (Lipinski definition) is 0. The first-order chi connectivity index (χ1) is 11.1. The summed E-state index contributed by atoms with van der Waals surface area (Å²) < 4.78 is 15.5. The van der Waals surface area contributed by atoms with Crippen molar-refractivity contribution in [3.8, 4) is 0 Å². The topological polar surface area (TPSA) is 91.0 Å². The predicted molar refractivity (Wildman–Crippen MR) is 86.6 cm³/mol. The van der Waals surface area contributed by atoms with E-state index in [1.807, 2.05) is 19.9 Å². The van der Waals surface area contributed by atoms with Crippen LogP contribution >= 0.6 is 0 Å². The summed E-state index contributed by atoms with van der Waals surface area (Å²) in [5, 5.41) is 0. The highest BCUT2D eigenvalue weighted by atomic mass is 16.6. The molecule has 1 aromatic heterocycles. The van der Waals surface area contributed by atoms with Crippen molar-refractivity contribution in [1.82, 2.24) is 9.64 Å². The zero-order valence-corrected chi connectivity index (χ0v) is 14.9. The summed E-state index contributed by atoms with van der Waals surface area (Å²) in [7, 11) is 3.40. The Morgan fingerprint density at radius 3 is 1.83 bits per heavy atom. The average molecular weight is 340 g/mol. The molecule has 0 aliphatic carbocycles. The monoisotopic (exact) mass is 340 g/mol. The lowest BCUT2D eigenvalue weighted by Crippen LogP contribution is -2.18. The van der Waals surface area contributed by atoms with Gasteiger partial charge in [0.15, 0.2) is 0 Å².